The first-order chi connectivity index (χ1) is 6.72. The molecule has 0 saturated carbocycles. The van der Waals surface area contributed by atoms with Gasteiger partial charge in [0.05, 0.1) is 0 Å². The average Bonchev–Trinajstić information content (AvgIpc) is 2.53. The van der Waals surface area contributed by atoms with E-state index in [4.69, 9.17) is 5.73 Å². The van der Waals surface area contributed by atoms with Crippen molar-refractivity contribution in [2.45, 2.75) is 39.7 Å². The Morgan fingerprint density at radius 2 is 2.21 bits per heavy atom. The van der Waals surface area contributed by atoms with E-state index < -0.39 is 0 Å². The Morgan fingerprint density at radius 1 is 1.43 bits per heavy atom. The highest BCUT2D eigenvalue weighted by atomic mass is 14.9. The van der Waals surface area contributed by atoms with E-state index in [2.05, 4.69) is 36.9 Å². The van der Waals surface area contributed by atoms with E-state index in [0.29, 0.717) is 0 Å². The number of nitrogens with zero attached hydrogens (tertiary/aromatic N) is 1. The number of aromatic nitrogens is 1. The number of nitrogens with two attached hydrogens (primary N) is 1. The molecule has 0 saturated heterocycles. The summed E-state index contributed by atoms with van der Waals surface area (Å²) in [6.07, 6.45) is 7.95. The molecule has 0 aliphatic heterocycles. The summed E-state index contributed by atoms with van der Waals surface area (Å²) in [5, 5.41) is 0. The molecule has 0 aliphatic carbocycles. The third-order valence-corrected chi connectivity index (χ3v) is 2.44. The average molecular weight is 194 g/mol. The molecule has 80 valence electrons. The fraction of sp³-hybridized carbons (Fsp3) is 0.667. The summed E-state index contributed by atoms with van der Waals surface area (Å²) in [5.41, 5.74) is 6.86. The molecule has 1 aromatic rings. The Bertz CT molecular complexity index is 251. The lowest BCUT2D eigenvalue weighted by atomic mass is 10.1. The van der Waals surface area contributed by atoms with Gasteiger partial charge in [0.25, 0.3) is 0 Å². The molecule has 14 heavy (non-hydrogen) atoms. The molecule has 0 amide bonds. The molecule has 0 bridgehead atoms. The normalized spacial score (nSPS) is 11.1. The van der Waals surface area contributed by atoms with Gasteiger partial charge in [0.2, 0.25) is 0 Å². The Kier molecular flexibility index (Phi) is 4.74. The van der Waals surface area contributed by atoms with Crippen molar-refractivity contribution in [1.29, 1.82) is 0 Å². The number of hydrogen-bond acceptors (Lipinski definition) is 1. The molecule has 0 aromatic carbocycles. The molecule has 0 spiro atoms. The third-order valence-electron chi connectivity index (χ3n) is 2.44. The minimum atomic E-state index is 0.746. The van der Waals surface area contributed by atoms with Crippen LogP contribution in [0, 0.1) is 5.92 Å². The van der Waals surface area contributed by atoms with Crippen LogP contribution >= 0.6 is 0 Å². The third kappa shape index (κ3) is 3.97. The SMILES string of the molecule is CC(C)CCCn1ccc(CCN)c1. The zero-order valence-corrected chi connectivity index (χ0v) is 9.37. The first-order valence-electron chi connectivity index (χ1n) is 5.57. The maximum absolute atomic E-state index is 5.50. The first-order valence-corrected chi connectivity index (χ1v) is 5.57. The van der Waals surface area contributed by atoms with E-state index in [0.717, 1.165) is 25.4 Å². The molecule has 0 fully saturated rings. The molecular weight excluding hydrogens is 172 g/mol. The Morgan fingerprint density at radius 3 is 2.86 bits per heavy atom. The predicted molar refractivity (Wildman–Crippen MR) is 61.3 cm³/mol. The van der Waals surface area contributed by atoms with E-state index in [1.54, 1.807) is 0 Å². The zero-order chi connectivity index (χ0) is 10.4. The van der Waals surface area contributed by atoms with Crippen molar-refractivity contribution >= 4 is 0 Å². The van der Waals surface area contributed by atoms with Crippen LogP contribution in [0.25, 0.3) is 0 Å². The quantitative estimate of drug-likeness (QED) is 0.741. The van der Waals surface area contributed by atoms with E-state index >= 15 is 0 Å². The van der Waals surface area contributed by atoms with Gasteiger partial charge in [-0.2, -0.15) is 0 Å². The van der Waals surface area contributed by atoms with Gasteiger partial charge < -0.3 is 10.3 Å². The van der Waals surface area contributed by atoms with Crippen molar-refractivity contribution in [3.63, 3.8) is 0 Å². The highest BCUT2D eigenvalue weighted by Crippen LogP contribution is 2.07. The second kappa shape index (κ2) is 5.86. The van der Waals surface area contributed by atoms with Crippen molar-refractivity contribution in [3.05, 3.63) is 24.0 Å². The van der Waals surface area contributed by atoms with Gasteiger partial charge in [-0.05, 0) is 43.4 Å². The topological polar surface area (TPSA) is 30.9 Å². The molecule has 0 radical (unpaired) electrons. The maximum atomic E-state index is 5.50. The molecule has 1 aromatic heterocycles. The zero-order valence-electron chi connectivity index (χ0n) is 9.37. The predicted octanol–water partition coefficient (Wildman–Crippen LogP) is 2.43. The van der Waals surface area contributed by atoms with Crippen LogP contribution in [0.1, 0.15) is 32.3 Å². The van der Waals surface area contributed by atoms with Gasteiger partial charge in [-0.1, -0.05) is 13.8 Å². The highest BCUT2D eigenvalue weighted by molar-refractivity contribution is 5.10. The van der Waals surface area contributed by atoms with Crippen molar-refractivity contribution in [2.24, 2.45) is 11.7 Å². The van der Waals surface area contributed by atoms with Crippen LogP contribution in [0.4, 0.5) is 0 Å². The summed E-state index contributed by atoms with van der Waals surface area (Å²) in [4.78, 5) is 0. The molecule has 0 aliphatic rings. The summed E-state index contributed by atoms with van der Waals surface area (Å²) in [7, 11) is 0. The first kappa shape index (κ1) is 11.3. The van der Waals surface area contributed by atoms with Crippen LogP contribution in [-0.2, 0) is 13.0 Å². The van der Waals surface area contributed by atoms with Gasteiger partial charge in [0.1, 0.15) is 0 Å². The molecule has 1 rings (SSSR count). The molecule has 1 heterocycles. The monoisotopic (exact) mass is 194 g/mol. The van der Waals surface area contributed by atoms with Crippen molar-refractivity contribution in [1.82, 2.24) is 4.57 Å². The largest absolute Gasteiger partial charge is 0.354 e. The smallest absolute Gasteiger partial charge is 0.0219 e. The highest BCUT2D eigenvalue weighted by Gasteiger charge is 1.97. The lowest BCUT2D eigenvalue weighted by Gasteiger charge is -2.05. The molecule has 2 heteroatoms. The van der Waals surface area contributed by atoms with Crippen molar-refractivity contribution in [3.8, 4) is 0 Å². The van der Waals surface area contributed by atoms with Crippen LogP contribution in [0.2, 0.25) is 0 Å². The van der Waals surface area contributed by atoms with Gasteiger partial charge >= 0.3 is 0 Å². The van der Waals surface area contributed by atoms with Gasteiger partial charge in [0.15, 0.2) is 0 Å². The fourth-order valence-electron chi connectivity index (χ4n) is 1.63. The van der Waals surface area contributed by atoms with Crippen LogP contribution in [0.15, 0.2) is 18.5 Å². The Labute approximate surface area is 87.1 Å². The Hall–Kier alpha value is -0.760. The van der Waals surface area contributed by atoms with Crippen LogP contribution in [0.3, 0.4) is 0 Å². The molecule has 0 atom stereocenters. The van der Waals surface area contributed by atoms with E-state index in [9.17, 15) is 0 Å². The van der Waals surface area contributed by atoms with Crippen LogP contribution < -0.4 is 5.73 Å². The molecule has 0 unspecified atom stereocenters. The summed E-state index contributed by atoms with van der Waals surface area (Å²) in [5.74, 6) is 0.814. The molecule has 2 nitrogen and oxygen atoms in total. The number of rotatable bonds is 6. The van der Waals surface area contributed by atoms with Crippen LogP contribution in [0.5, 0.6) is 0 Å². The number of aryl methyl sites for hydroxylation is 1. The summed E-state index contributed by atoms with van der Waals surface area (Å²) < 4.78 is 2.27. The minimum Gasteiger partial charge on any atom is -0.354 e. The van der Waals surface area contributed by atoms with E-state index in [-0.39, 0.29) is 0 Å². The Balaban J connectivity index is 2.28. The lowest BCUT2D eigenvalue weighted by Crippen LogP contribution is -2.02. The van der Waals surface area contributed by atoms with Gasteiger partial charge in [-0.25, -0.2) is 0 Å². The van der Waals surface area contributed by atoms with Gasteiger partial charge in [-0.15, -0.1) is 0 Å². The van der Waals surface area contributed by atoms with Crippen molar-refractivity contribution < 1.29 is 0 Å². The summed E-state index contributed by atoms with van der Waals surface area (Å²) >= 11 is 0. The van der Waals surface area contributed by atoms with Gasteiger partial charge in [0, 0.05) is 18.9 Å². The molecular formula is C12H22N2. The molecule has 2 N–H and O–H groups in total. The fourth-order valence-corrected chi connectivity index (χ4v) is 1.63. The second-order valence-electron chi connectivity index (χ2n) is 4.33. The standard InChI is InChI=1S/C12H22N2/c1-11(2)4-3-8-14-9-6-12(10-14)5-7-13/h6,9-11H,3-5,7-8,13H2,1-2H3. The maximum Gasteiger partial charge on any atom is 0.0219 e. The van der Waals surface area contributed by atoms with Crippen molar-refractivity contribution in [2.75, 3.05) is 6.54 Å². The number of hydrogen-bond donors (Lipinski definition) is 1. The van der Waals surface area contributed by atoms with E-state index in [1.165, 1.54) is 18.4 Å². The summed E-state index contributed by atoms with van der Waals surface area (Å²) in [6, 6.07) is 2.17. The summed E-state index contributed by atoms with van der Waals surface area (Å²) in [6.45, 7) is 6.43. The second-order valence-corrected chi connectivity index (χ2v) is 4.33. The van der Waals surface area contributed by atoms with Gasteiger partial charge in [-0.3, -0.25) is 0 Å². The minimum absolute atomic E-state index is 0.746. The van der Waals surface area contributed by atoms with Crippen LogP contribution in [-0.4, -0.2) is 11.1 Å². The van der Waals surface area contributed by atoms with E-state index in [1.807, 2.05) is 0 Å². The lowest BCUT2D eigenvalue weighted by molar-refractivity contribution is 0.512.